The minimum Gasteiger partial charge on any atom is -0.231 e. The number of fused-ring (bicyclic) bond motifs is 2. The Morgan fingerprint density at radius 1 is 1.11 bits per heavy atom. The van der Waals surface area contributed by atoms with Crippen molar-refractivity contribution in [2.75, 3.05) is 13.1 Å². The summed E-state index contributed by atoms with van der Waals surface area (Å²) in [5.41, 5.74) is 0. The predicted octanol–water partition coefficient (Wildman–Crippen LogP) is 0.958. The van der Waals surface area contributed by atoms with Gasteiger partial charge in [0.1, 0.15) is 0 Å². The van der Waals surface area contributed by atoms with Gasteiger partial charge in [-0.25, -0.2) is 8.61 Å². The molecular formula is C6H12N2S. The fraction of sp³-hybridized carbons (Fsp3) is 1.00. The largest absolute Gasteiger partial charge is 0.231 e. The van der Waals surface area contributed by atoms with E-state index in [4.69, 9.17) is 0 Å². The standard InChI is InChI=1S/C6H12N2S/c1-5-3-8-6(2)4-7(5)9-8/h5-6H,3-4H2,1-2H3/t5-,6-/m1/s1. The summed E-state index contributed by atoms with van der Waals surface area (Å²) in [6.45, 7) is 7.09. The summed E-state index contributed by atoms with van der Waals surface area (Å²) in [5, 5.41) is 0. The molecule has 2 nitrogen and oxygen atoms in total. The maximum Gasteiger partial charge on any atom is 0.0324 e. The second kappa shape index (κ2) is 1.87. The van der Waals surface area contributed by atoms with E-state index in [0.717, 1.165) is 12.1 Å². The molecule has 2 fully saturated rings. The molecule has 0 N–H and O–H groups in total. The second-order valence-electron chi connectivity index (χ2n) is 2.98. The van der Waals surface area contributed by atoms with Gasteiger partial charge < -0.3 is 0 Å². The Balaban J connectivity index is 2.10. The molecule has 0 aliphatic carbocycles. The van der Waals surface area contributed by atoms with Crippen molar-refractivity contribution in [2.24, 2.45) is 0 Å². The Hall–Kier alpha value is 0.270. The zero-order valence-electron chi connectivity index (χ0n) is 5.87. The van der Waals surface area contributed by atoms with Crippen LogP contribution in [0.3, 0.4) is 0 Å². The highest BCUT2D eigenvalue weighted by Crippen LogP contribution is 2.36. The summed E-state index contributed by atoms with van der Waals surface area (Å²) in [6, 6.07) is 1.57. The molecular weight excluding hydrogens is 132 g/mol. The van der Waals surface area contributed by atoms with Crippen molar-refractivity contribution in [3.8, 4) is 0 Å². The summed E-state index contributed by atoms with van der Waals surface area (Å²) in [5.74, 6) is 0. The van der Waals surface area contributed by atoms with Crippen LogP contribution in [0.1, 0.15) is 13.8 Å². The lowest BCUT2D eigenvalue weighted by atomic mass is 10.2. The molecule has 52 valence electrons. The fourth-order valence-corrected chi connectivity index (χ4v) is 2.71. The first-order chi connectivity index (χ1) is 4.27. The number of nitrogens with zero attached hydrogens (tertiary/aromatic N) is 2. The smallest absolute Gasteiger partial charge is 0.0324 e. The van der Waals surface area contributed by atoms with Crippen molar-refractivity contribution in [1.82, 2.24) is 8.61 Å². The Labute approximate surface area is 60.5 Å². The van der Waals surface area contributed by atoms with Crippen molar-refractivity contribution in [3.05, 3.63) is 0 Å². The van der Waals surface area contributed by atoms with Crippen molar-refractivity contribution in [3.63, 3.8) is 0 Å². The lowest BCUT2D eigenvalue weighted by Gasteiger charge is -2.22. The van der Waals surface area contributed by atoms with E-state index in [0.29, 0.717) is 0 Å². The summed E-state index contributed by atoms with van der Waals surface area (Å²) < 4.78 is 4.93. The summed E-state index contributed by atoms with van der Waals surface area (Å²) in [6.07, 6.45) is 0. The molecule has 2 bridgehead atoms. The van der Waals surface area contributed by atoms with E-state index < -0.39 is 0 Å². The normalized spacial score (nSPS) is 56.7. The first-order valence-corrected chi connectivity index (χ1v) is 4.22. The van der Waals surface area contributed by atoms with Crippen LogP contribution in [0.15, 0.2) is 0 Å². The molecule has 2 heterocycles. The molecule has 0 aromatic carbocycles. The topological polar surface area (TPSA) is 6.48 Å². The molecule has 2 aliphatic heterocycles. The van der Waals surface area contributed by atoms with Crippen LogP contribution in [0, 0.1) is 0 Å². The van der Waals surface area contributed by atoms with Gasteiger partial charge in [0.25, 0.3) is 0 Å². The van der Waals surface area contributed by atoms with E-state index >= 15 is 0 Å². The van der Waals surface area contributed by atoms with Gasteiger partial charge in [-0.1, -0.05) is 0 Å². The minimum absolute atomic E-state index is 0.784. The highest BCUT2D eigenvalue weighted by Gasteiger charge is 2.39. The summed E-state index contributed by atoms with van der Waals surface area (Å²) in [4.78, 5) is 0. The predicted molar refractivity (Wildman–Crippen MR) is 39.9 cm³/mol. The van der Waals surface area contributed by atoms with Crippen LogP contribution in [0.4, 0.5) is 0 Å². The third-order valence-electron chi connectivity index (χ3n) is 2.08. The minimum atomic E-state index is 0.784. The maximum atomic E-state index is 2.46. The van der Waals surface area contributed by atoms with Gasteiger partial charge in [-0.05, 0) is 13.8 Å². The van der Waals surface area contributed by atoms with Crippen molar-refractivity contribution >= 4 is 12.1 Å². The lowest BCUT2D eigenvalue weighted by Crippen LogP contribution is -2.38. The molecule has 0 aromatic rings. The average molecular weight is 144 g/mol. The Morgan fingerprint density at radius 2 is 1.56 bits per heavy atom. The summed E-state index contributed by atoms with van der Waals surface area (Å²) in [7, 11) is 0. The number of piperazine rings is 1. The van der Waals surface area contributed by atoms with E-state index in [1.807, 2.05) is 12.1 Å². The second-order valence-corrected chi connectivity index (χ2v) is 4.08. The summed E-state index contributed by atoms with van der Waals surface area (Å²) >= 11 is 1.91. The molecule has 0 aromatic heterocycles. The van der Waals surface area contributed by atoms with E-state index in [9.17, 15) is 0 Å². The van der Waals surface area contributed by atoms with Crippen LogP contribution in [-0.4, -0.2) is 33.8 Å². The number of hydrogen-bond acceptors (Lipinski definition) is 3. The molecule has 2 saturated heterocycles. The van der Waals surface area contributed by atoms with Gasteiger partial charge in [-0.15, -0.1) is 0 Å². The first-order valence-electron chi connectivity index (χ1n) is 3.49. The van der Waals surface area contributed by atoms with Crippen molar-refractivity contribution in [2.45, 2.75) is 25.9 Å². The van der Waals surface area contributed by atoms with Crippen LogP contribution in [-0.2, 0) is 0 Å². The fourth-order valence-electron chi connectivity index (χ4n) is 1.43. The average Bonchev–Trinajstić information content (AvgIpc) is 2.24. The van der Waals surface area contributed by atoms with Crippen molar-refractivity contribution in [1.29, 1.82) is 0 Å². The maximum absolute atomic E-state index is 2.46. The zero-order chi connectivity index (χ0) is 6.43. The van der Waals surface area contributed by atoms with Gasteiger partial charge >= 0.3 is 0 Å². The van der Waals surface area contributed by atoms with Gasteiger partial charge in [0, 0.05) is 37.3 Å². The molecule has 4 atom stereocenters. The van der Waals surface area contributed by atoms with E-state index in [1.54, 1.807) is 0 Å². The van der Waals surface area contributed by atoms with Gasteiger partial charge in [0.05, 0.1) is 0 Å². The Bertz CT molecular complexity index is 110. The Morgan fingerprint density at radius 3 is 1.78 bits per heavy atom. The van der Waals surface area contributed by atoms with Gasteiger partial charge in [0.2, 0.25) is 0 Å². The van der Waals surface area contributed by atoms with E-state index in [-0.39, 0.29) is 0 Å². The quantitative estimate of drug-likeness (QED) is 0.467. The molecule has 0 amide bonds. The van der Waals surface area contributed by atoms with Crippen molar-refractivity contribution < 1.29 is 0 Å². The lowest BCUT2D eigenvalue weighted by molar-refractivity contribution is 0.248. The first kappa shape index (κ1) is 6.01. The van der Waals surface area contributed by atoms with E-state index in [2.05, 4.69) is 22.5 Å². The third kappa shape index (κ3) is 0.791. The molecule has 2 unspecified atom stereocenters. The van der Waals surface area contributed by atoms with Gasteiger partial charge in [-0.2, -0.15) is 0 Å². The molecule has 0 spiro atoms. The Kier molecular flexibility index (Phi) is 1.25. The zero-order valence-corrected chi connectivity index (χ0v) is 6.69. The van der Waals surface area contributed by atoms with Gasteiger partial charge in [-0.3, -0.25) is 0 Å². The molecule has 3 heteroatoms. The van der Waals surface area contributed by atoms with Crippen LogP contribution < -0.4 is 0 Å². The molecule has 2 aliphatic rings. The van der Waals surface area contributed by atoms with E-state index in [1.165, 1.54) is 13.1 Å². The third-order valence-corrected chi connectivity index (χ3v) is 3.52. The van der Waals surface area contributed by atoms with Crippen LogP contribution in [0.5, 0.6) is 0 Å². The highest BCUT2D eigenvalue weighted by molar-refractivity contribution is 7.95. The monoisotopic (exact) mass is 144 g/mol. The number of hydrogen-bond donors (Lipinski definition) is 0. The SMILES string of the molecule is C[C@@H]1CN2SN1C[C@H]2C. The number of rotatable bonds is 0. The molecule has 0 saturated carbocycles. The van der Waals surface area contributed by atoms with Crippen LogP contribution >= 0.6 is 12.1 Å². The molecule has 0 radical (unpaired) electrons. The molecule has 9 heavy (non-hydrogen) atoms. The molecule has 2 rings (SSSR count). The highest BCUT2D eigenvalue weighted by atomic mass is 32.2. The van der Waals surface area contributed by atoms with Crippen LogP contribution in [0.25, 0.3) is 0 Å². The van der Waals surface area contributed by atoms with Gasteiger partial charge in [0.15, 0.2) is 0 Å². The van der Waals surface area contributed by atoms with Crippen LogP contribution in [0.2, 0.25) is 0 Å².